The Kier molecular flexibility index (Phi) is 3.07. The number of ether oxygens (including phenoxy) is 1. The highest BCUT2D eigenvalue weighted by Crippen LogP contribution is 2.39. The molecule has 0 saturated heterocycles. The molecule has 0 aliphatic carbocycles. The molecule has 0 atom stereocenters. The maximum absolute atomic E-state index is 13.8. The van der Waals surface area contributed by atoms with Crippen LogP contribution in [-0.4, -0.2) is 34.2 Å². The first-order valence-electron chi connectivity index (χ1n) is 7.41. The minimum Gasteiger partial charge on any atom is -0.489 e. The van der Waals surface area contributed by atoms with Crippen LogP contribution in [0.25, 0.3) is 10.9 Å². The molecule has 2 N–H and O–H groups in total. The molecule has 0 bridgehead atoms. The summed E-state index contributed by atoms with van der Waals surface area (Å²) in [5.41, 5.74) is 2.18. The second kappa shape index (κ2) is 5.12. The number of H-pyrrole nitrogens is 2. The number of rotatable bonds is 3. The molecule has 23 heavy (non-hydrogen) atoms. The third-order valence-corrected chi connectivity index (χ3v) is 3.73. The van der Waals surface area contributed by atoms with Crippen molar-refractivity contribution in [3.05, 3.63) is 35.9 Å². The summed E-state index contributed by atoms with van der Waals surface area (Å²) in [6.07, 6.45) is 4.66. The van der Waals surface area contributed by atoms with Gasteiger partial charge in [0, 0.05) is 23.9 Å². The van der Waals surface area contributed by atoms with Crippen molar-refractivity contribution >= 4 is 28.6 Å². The number of aliphatic imine (C=N–C) groups is 1. The summed E-state index contributed by atoms with van der Waals surface area (Å²) in [5.74, 6) is 1.06. The molecule has 4 rings (SSSR count). The lowest BCUT2D eigenvalue weighted by Gasteiger charge is -2.27. The van der Waals surface area contributed by atoms with Gasteiger partial charge in [-0.1, -0.05) is 0 Å². The van der Waals surface area contributed by atoms with E-state index in [9.17, 15) is 4.39 Å². The molecule has 6 nitrogen and oxygen atoms in total. The van der Waals surface area contributed by atoms with Gasteiger partial charge >= 0.3 is 0 Å². The highest BCUT2D eigenvalue weighted by Gasteiger charge is 2.24. The van der Waals surface area contributed by atoms with E-state index in [0.717, 1.165) is 16.6 Å². The van der Waals surface area contributed by atoms with Gasteiger partial charge in [0.2, 0.25) is 0 Å². The number of fused-ring (bicyclic) bond motifs is 2. The molecular weight excluding hydrogens is 297 g/mol. The van der Waals surface area contributed by atoms with Crippen molar-refractivity contribution in [1.82, 2.24) is 15.2 Å². The molecule has 0 unspecified atom stereocenters. The smallest absolute Gasteiger partial charge is 0.151 e. The number of nitrogens with one attached hydrogen (secondary N) is 2. The first-order valence-corrected chi connectivity index (χ1v) is 7.41. The van der Waals surface area contributed by atoms with E-state index in [1.54, 1.807) is 12.4 Å². The van der Waals surface area contributed by atoms with Crippen LogP contribution < -0.4 is 9.64 Å². The predicted molar refractivity (Wildman–Crippen MR) is 87.2 cm³/mol. The number of aromatic amines is 2. The Bertz CT molecular complexity index is 895. The van der Waals surface area contributed by atoms with Crippen molar-refractivity contribution in [2.75, 3.05) is 11.6 Å². The quantitative estimate of drug-likeness (QED) is 0.779. The molecule has 0 spiro atoms. The lowest BCUT2D eigenvalue weighted by atomic mass is 10.2. The Morgan fingerprint density at radius 1 is 1.35 bits per heavy atom. The van der Waals surface area contributed by atoms with Crippen molar-refractivity contribution in [3.63, 3.8) is 0 Å². The van der Waals surface area contributed by atoms with Gasteiger partial charge in [-0.3, -0.25) is 10.1 Å². The van der Waals surface area contributed by atoms with Gasteiger partial charge in [0.25, 0.3) is 0 Å². The minimum atomic E-state index is -0.316. The monoisotopic (exact) mass is 313 g/mol. The van der Waals surface area contributed by atoms with Crippen LogP contribution in [0.15, 0.2) is 29.5 Å². The van der Waals surface area contributed by atoms with Gasteiger partial charge in [0.15, 0.2) is 5.82 Å². The molecule has 3 heterocycles. The fraction of sp³-hybridized carbons (Fsp3) is 0.250. The Labute approximate surface area is 132 Å². The summed E-state index contributed by atoms with van der Waals surface area (Å²) in [5, 5.41) is 7.96. The van der Waals surface area contributed by atoms with E-state index in [4.69, 9.17) is 4.74 Å². The molecule has 0 amide bonds. The van der Waals surface area contributed by atoms with E-state index < -0.39 is 0 Å². The van der Waals surface area contributed by atoms with Gasteiger partial charge in [0.1, 0.15) is 18.2 Å². The summed E-state index contributed by atoms with van der Waals surface area (Å²) in [6.45, 7) is 4.33. The topological polar surface area (TPSA) is 69.3 Å². The second-order valence-corrected chi connectivity index (χ2v) is 5.72. The van der Waals surface area contributed by atoms with Gasteiger partial charge in [0.05, 0.1) is 29.1 Å². The van der Waals surface area contributed by atoms with Gasteiger partial charge in [-0.15, -0.1) is 0 Å². The molecule has 1 aliphatic heterocycles. The molecule has 7 heteroatoms. The first-order chi connectivity index (χ1) is 11.1. The average molecular weight is 313 g/mol. The molecule has 0 saturated carbocycles. The number of aromatic nitrogens is 3. The molecular formula is C16H16FN5O. The lowest BCUT2D eigenvalue weighted by molar-refractivity contribution is 0.243. The standard InChI is InChI=1S/C16H16FN5O/c1-9(2)23-15-4-13-10(5-20-21-13)3-14(15)22-8-18-6-11-12(17)7-19-16(11)22/h3-7,9,19H,8H2,1-2H3,(H,20,21). The van der Waals surface area contributed by atoms with Gasteiger partial charge in [-0.25, -0.2) is 4.39 Å². The average Bonchev–Trinajstić information content (AvgIpc) is 3.12. The van der Waals surface area contributed by atoms with Crippen LogP contribution in [0.3, 0.4) is 0 Å². The number of halogens is 1. The zero-order valence-electron chi connectivity index (χ0n) is 12.8. The molecule has 0 fully saturated rings. The number of hydrogen-bond acceptors (Lipinski definition) is 4. The number of benzene rings is 1. The Morgan fingerprint density at radius 2 is 2.22 bits per heavy atom. The summed E-state index contributed by atoms with van der Waals surface area (Å²) >= 11 is 0. The van der Waals surface area contributed by atoms with Crippen LogP contribution in [0.1, 0.15) is 19.4 Å². The van der Waals surface area contributed by atoms with Crippen LogP contribution in [0.2, 0.25) is 0 Å². The molecule has 0 radical (unpaired) electrons. The highest BCUT2D eigenvalue weighted by atomic mass is 19.1. The van der Waals surface area contributed by atoms with Gasteiger partial charge < -0.3 is 14.6 Å². The maximum Gasteiger partial charge on any atom is 0.151 e. The highest BCUT2D eigenvalue weighted by molar-refractivity contribution is 5.93. The Morgan fingerprint density at radius 3 is 3.04 bits per heavy atom. The third kappa shape index (κ3) is 2.25. The van der Waals surface area contributed by atoms with Crippen LogP contribution in [0, 0.1) is 5.82 Å². The van der Waals surface area contributed by atoms with Crippen molar-refractivity contribution < 1.29 is 9.13 Å². The van der Waals surface area contributed by atoms with Crippen LogP contribution in [0.5, 0.6) is 5.75 Å². The normalized spacial score (nSPS) is 13.8. The summed E-state index contributed by atoms with van der Waals surface area (Å²) < 4.78 is 19.8. The maximum atomic E-state index is 13.8. The fourth-order valence-corrected chi connectivity index (χ4v) is 2.75. The second-order valence-electron chi connectivity index (χ2n) is 5.72. The fourth-order valence-electron chi connectivity index (χ4n) is 2.75. The first kappa shape index (κ1) is 13.8. The van der Waals surface area contributed by atoms with Crippen molar-refractivity contribution in [2.24, 2.45) is 4.99 Å². The van der Waals surface area contributed by atoms with Crippen LogP contribution in [-0.2, 0) is 0 Å². The van der Waals surface area contributed by atoms with Gasteiger partial charge in [-0.2, -0.15) is 5.10 Å². The summed E-state index contributed by atoms with van der Waals surface area (Å²) in [7, 11) is 0. The van der Waals surface area contributed by atoms with Crippen molar-refractivity contribution in [1.29, 1.82) is 0 Å². The number of anilines is 2. The van der Waals surface area contributed by atoms with E-state index in [1.807, 2.05) is 30.9 Å². The van der Waals surface area contributed by atoms with E-state index >= 15 is 0 Å². The zero-order valence-corrected chi connectivity index (χ0v) is 12.8. The lowest BCUT2D eigenvalue weighted by Crippen LogP contribution is -2.23. The van der Waals surface area contributed by atoms with Crippen LogP contribution >= 0.6 is 0 Å². The van der Waals surface area contributed by atoms with E-state index in [-0.39, 0.29) is 11.9 Å². The van der Waals surface area contributed by atoms with Gasteiger partial charge in [-0.05, 0) is 19.9 Å². The van der Waals surface area contributed by atoms with Crippen molar-refractivity contribution in [2.45, 2.75) is 20.0 Å². The number of nitrogens with zero attached hydrogens (tertiary/aromatic N) is 3. The van der Waals surface area contributed by atoms with Crippen molar-refractivity contribution in [3.8, 4) is 5.75 Å². The SMILES string of the molecule is CC(C)Oc1cc2[nH]ncc2cc1N1CN=Cc2c(F)c[nH]c21. The molecule has 1 aromatic carbocycles. The summed E-state index contributed by atoms with van der Waals surface area (Å²) in [4.78, 5) is 9.14. The third-order valence-electron chi connectivity index (χ3n) is 3.73. The van der Waals surface area contributed by atoms with E-state index in [2.05, 4.69) is 20.2 Å². The molecule has 118 valence electrons. The Balaban J connectivity index is 1.88. The molecule has 2 aromatic heterocycles. The predicted octanol–water partition coefficient (Wildman–Crippen LogP) is 3.35. The summed E-state index contributed by atoms with van der Waals surface area (Å²) in [6, 6.07) is 3.88. The molecule has 1 aliphatic rings. The van der Waals surface area contributed by atoms with Crippen LogP contribution in [0.4, 0.5) is 15.9 Å². The number of hydrogen-bond donors (Lipinski definition) is 2. The molecule has 3 aromatic rings. The zero-order chi connectivity index (χ0) is 16.0. The van der Waals surface area contributed by atoms with E-state index in [1.165, 1.54) is 6.20 Å². The van der Waals surface area contributed by atoms with E-state index in [0.29, 0.717) is 23.8 Å². The minimum absolute atomic E-state index is 0.0160. The Hall–Kier alpha value is -2.83. The largest absolute Gasteiger partial charge is 0.489 e.